The molecular formula is C11H14N2O2. The topological polar surface area (TPSA) is 47.6 Å². The van der Waals surface area contributed by atoms with Crippen LogP contribution in [0.4, 0.5) is 0 Å². The molecule has 4 heteroatoms. The molecule has 0 saturated carbocycles. The van der Waals surface area contributed by atoms with Gasteiger partial charge < -0.3 is 9.26 Å². The van der Waals surface area contributed by atoms with Crippen molar-refractivity contribution in [1.29, 1.82) is 0 Å². The molecule has 0 bridgehead atoms. The number of aryl methyl sites for hydroxylation is 1. The fourth-order valence-electron chi connectivity index (χ4n) is 1.01. The molecule has 1 heterocycles. The lowest BCUT2D eigenvalue weighted by Crippen LogP contribution is -2.04. The Hall–Kier alpha value is -1.84. The van der Waals surface area contributed by atoms with Crippen LogP contribution in [0, 0.1) is 6.92 Å². The summed E-state index contributed by atoms with van der Waals surface area (Å²) in [5.74, 6) is 1.31. The summed E-state index contributed by atoms with van der Waals surface area (Å²) in [5.41, 5.74) is 0.849. The Balaban J connectivity index is 2.64. The van der Waals surface area contributed by atoms with Crippen molar-refractivity contribution >= 4 is 5.90 Å². The number of allylic oxidation sites excluding steroid dienone is 2. The van der Waals surface area contributed by atoms with Crippen LogP contribution in [0.1, 0.15) is 11.5 Å². The van der Waals surface area contributed by atoms with Gasteiger partial charge in [-0.15, -0.1) is 0 Å². The number of hydrogen-bond donors (Lipinski definition) is 0. The van der Waals surface area contributed by atoms with E-state index >= 15 is 0 Å². The number of aromatic nitrogens is 1. The quantitative estimate of drug-likeness (QED) is 0.431. The molecule has 0 amide bonds. The minimum Gasteiger partial charge on any atom is -0.484 e. The number of ether oxygens (including phenoxy) is 1. The Morgan fingerprint density at radius 3 is 3.07 bits per heavy atom. The fourth-order valence-corrected chi connectivity index (χ4v) is 1.01. The van der Waals surface area contributed by atoms with Crippen molar-refractivity contribution in [2.75, 3.05) is 7.11 Å². The smallest absolute Gasteiger partial charge is 0.195 e. The molecule has 4 nitrogen and oxygen atoms in total. The van der Waals surface area contributed by atoms with Gasteiger partial charge in [-0.05, 0) is 13.0 Å². The number of nitrogens with zero attached hydrogens (tertiary/aromatic N) is 2. The molecule has 0 fully saturated rings. The van der Waals surface area contributed by atoms with E-state index in [2.05, 4.69) is 16.7 Å². The second-order valence-corrected chi connectivity index (χ2v) is 2.92. The van der Waals surface area contributed by atoms with Gasteiger partial charge in [-0.2, -0.15) is 0 Å². The maximum Gasteiger partial charge on any atom is 0.195 e. The van der Waals surface area contributed by atoms with Gasteiger partial charge in [-0.1, -0.05) is 17.8 Å². The predicted molar refractivity (Wildman–Crippen MR) is 58.7 cm³/mol. The molecule has 0 aliphatic carbocycles. The Morgan fingerprint density at radius 1 is 1.73 bits per heavy atom. The van der Waals surface area contributed by atoms with Crippen LogP contribution in [0.2, 0.25) is 0 Å². The first-order valence-electron chi connectivity index (χ1n) is 4.56. The lowest BCUT2D eigenvalue weighted by atomic mass is 10.3. The molecule has 15 heavy (non-hydrogen) atoms. The summed E-state index contributed by atoms with van der Waals surface area (Å²) in [5, 5.41) is 3.78. The van der Waals surface area contributed by atoms with Crippen molar-refractivity contribution in [2.24, 2.45) is 4.99 Å². The molecule has 1 aromatic rings. The van der Waals surface area contributed by atoms with Gasteiger partial charge in [-0.3, -0.25) is 0 Å². The van der Waals surface area contributed by atoms with Crippen molar-refractivity contribution in [3.05, 3.63) is 42.5 Å². The zero-order valence-corrected chi connectivity index (χ0v) is 8.93. The molecule has 0 aliphatic heterocycles. The normalized spacial score (nSPS) is 12.0. The fraction of sp³-hybridized carbons (Fsp3) is 0.273. The third kappa shape index (κ3) is 3.81. The van der Waals surface area contributed by atoms with Gasteiger partial charge in [0.15, 0.2) is 5.90 Å². The minimum atomic E-state index is 0.499. The highest BCUT2D eigenvalue weighted by Crippen LogP contribution is 2.04. The van der Waals surface area contributed by atoms with Crippen LogP contribution in [0.3, 0.4) is 0 Å². The van der Waals surface area contributed by atoms with E-state index < -0.39 is 0 Å². The molecule has 80 valence electrons. The molecule has 0 aromatic carbocycles. The van der Waals surface area contributed by atoms with Crippen molar-refractivity contribution < 1.29 is 9.26 Å². The Morgan fingerprint density at radius 2 is 2.53 bits per heavy atom. The van der Waals surface area contributed by atoms with E-state index in [-0.39, 0.29) is 0 Å². The van der Waals surface area contributed by atoms with Crippen LogP contribution < -0.4 is 0 Å². The van der Waals surface area contributed by atoms with Gasteiger partial charge in [0.05, 0.1) is 19.2 Å². The Kier molecular flexibility index (Phi) is 4.34. The lowest BCUT2D eigenvalue weighted by Gasteiger charge is -1.99. The summed E-state index contributed by atoms with van der Waals surface area (Å²) in [6.07, 6.45) is 5.49. The van der Waals surface area contributed by atoms with Gasteiger partial charge in [0, 0.05) is 12.3 Å². The molecule has 0 aliphatic rings. The number of rotatable bonds is 4. The van der Waals surface area contributed by atoms with E-state index in [9.17, 15) is 0 Å². The highest BCUT2D eigenvalue weighted by molar-refractivity contribution is 5.78. The molecule has 0 spiro atoms. The van der Waals surface area contributed by atoms with Gasteiger partial charge in [0.2, 0.25) is 0 Å². The van der Waals surface area contributed by atoms with Gasteiger partial charge in [-0.25, -0.2) is 4.99 Å². The van der Waals surface area contributed by atoms with Gasteiger partial charge in [0.1, 0.15) is 5.76 Å². The molecule has 0 atom stereocenters. The highest BCUT2D eigenvalue weighted by Gasteiger charge is 2.05. The number of aliphatic imine (C=N–C) groups is 1. The Bertz CT molecular complexity index is 378. The van der Waals surface area contributed by atoms with Crippen LogP contribution in [-0.4, -0.2) is 18.2 Å². The first-order valence-corrected chi connectivity index (χ1v) is 4.56. The third-order valence-corrected chi connectivity index (χ3v) is 1.68. The van der Waals surface area contributed by atoms with E-state index in [1.807, 2.05) is 13.0 Å². The van der Waals surface area contributed by atoms with Crippen LogP contribution in [0.25, 0.3) is 0 Å². The van der Waals surface area contributed by atoms with Crippen molar-refractivity contribution in [2.45, 2.75) is 13.3 Å². The average Bonchev–Trinajstić information content (AvgIpc) is 2.63. The second-order valence-electron chi connectivity index (χ2n) is 2.92. The lowest BCUT2D eigenvalue weighted by molar-refractivity contribution is 0.363. The molecule has 0 radical (unpaired) electrons. The highest BCUT2D eigenvalue weighted by atomic mass is 16.5. The van der Waals surface area contributed by atoms with Crippen LogP contribution >= 0.6 is 0 Å². The summed E-state index contributed by atoms with van der Waals surface area (Å²) in [6, 6.07) is 1.85. The monoisotopic (exact) mass is 206 g/mol. The first kappa shape index (κ1) is 11.2. The SMILES string of the molecule is C=C/C=C\N=C(/Cc1cc(C)no1)OC. The summed E-state index contributed by atoms with van der Waals surface area (Å²) in [4.78, 5) is 4.09. The second kappa shape index (κ2) is 5.80. The largest absolute Gasteiger partial charge is 0.484 e. The maximum absolute atomic E-state index is 5.09. The summed E-state index contributed by atoms with van der Waals surface area (Å²) in [7, 11) is 1.57. The van der Waals surface area contributed by atoms with Crippen LogP contribution in [-0.2, 0) is 11.2 Å². The summed E-state index contributed by atoms with van der Waals surface area (Å²) < 4.78 is 10.1. The van der Waals surface area contributed by atoms with E-state index in [1.165, 1.54) is 0 Å². The number of methoxy groups -OCH3 is 1. The molecule has 1 rings (SSSR count). The molecule has 1 aromatic heterocycles. The molecular weight excluding hydrogens is 192 g/mol. The van der Waals surface area contributed by atoms with Crippen LogP contribution in [0.5, 0.6) is 0 Å². The average molecular weight is 206 g/mol. The standard InChI is InChI=1S/C11H14N2O2/c1-4-5-6-12-11(14-3)8-10-7-9(2)13-15-10/h4-7H,1,8H2,2-3H3/b6-5-,12-11+. The third-order valence-electron chi connectivity index (χ3n) is 1.68. The molecule has 0 saturated heterocycles. The zero-order valence-electron chi connectivity index (χ0n) is 8.93. The van der Waals surface area contributed by atoms with Crippen LogP contribution in [0.15, 0.2) is 40.5 Å². The van der Waals surface area contributed by atoms with E-state index in [0.29, 0.717) is 12.3 Å². The molecule has 0 unspecified atom stereocenters. The minimum absolute atomic E-state index is 0.499. The number of hydrogen-bond acceptors (Lipinski definition) is 4. The zero-order chi connectivity index (χ0) is 11.1. The van der Waals surface area contributed by atoms with Crippen molar-refractivity contribution in [3.8, 4) is 0 Å². The van der Waals surface area contributed by atoms with E-state index in [1.54, 1.807) is 25.5 Å². The Labute approximate surface area is 88.9 Å². The van der Waals surface area contributed by atoms with Gasteiger partial charge in [0.25, 0.3) is 0 Å². The predicted octanol–water partition coefficient (Wildman–Crippen LogP) is 2.27. The maximum atomic E-state index is 5.09. The first-order chi connectivity index (χ1) is 7.26. The molecule has 0 N–H and O–H groups in total. The summed E-state index contributed by atoms with van der Waals surface area (Å²) >= 11 is 0. The van der Waals surface area contributed by atoms with E-state index in [0.717, 1.165) is 11.5 Å². The summed E-state index contributed by atoms with van der Waals surface area (Å²) in [6.45, 7) is 5.41. The van der Waals surface area contributed by atoms with Crippen molar-refractivity contribution in [3.63, 3.8) is 0 Å². The van der Waals surface area contributed by atoms with Crippen molar-refractivity contribution in [1.82, 2.24) is 5.16 Å². The van der Waals surface area contributed by atoms with Gasteiger partial charge >= 0.3 is 0 Å². The van der Waals surface area contributed by atoms with E-state index in [4.69, 9.17) is 9.26 Å².